The molecule has 0 heterocycles. The van der Waals surface area contributed by atoms with Crippen molar-refractivity contribution < 1.29 is 33.7 Å². The van der Waals surface area contributed by atoms with Crippen LogP contribution >= 0.6 is 0 Å². The molecule has 0 aliphatic heterocycles. The highest BCUT2D eigenvalue weighted by Gasteiger charge is 2.35. The van der Waals surface area contributed by atoms with Gasteiger partial charge in [-0.3, -0.25) is 14.4 Å². The van der Waals surface area contributed by atoms with Crippen LogP contribution in [0.5, 0.6) is 0 Å². The minimum atomic E-state index is -1.04. The standard InChI is InChI=1S/C21H41N3O7/c1-14(2)17(26)15(19(22)27)13-16(25)24-18(21(3,4)5)20(28)23-7-8-30-11-12-31-10-9-29-6/h14-15,17-18,26H,7-13H2,1-6H3,(H2,22,27)(H,23,28)(H,24,25)/t15?,17?,18-/m1/s1. The van der Waals surface area contributed by atoms with Crippen LogP contribution in [-0.2, 0) is 28.6 Å². The number of aliphatic hydroxyl groups is 1. The van der Waals surface area contributed by atoms with Crippen LogP contribution in [-0.4, -0.2) is 81.7 Å². The number of rotatable bonds is 16. The van der Waals surface area contributed by atoms with E-state index in [9.17, 15) is 19.5 Å². The van der Waals surface area contributed by atoms with Crippen LogP contribution in [0.15, 0.2) is 0 Å². The third kappa shape index (κ3) is 12.6. The van der Waals surface area contributed by atoms with E-state index in [1.165, 1.54) is 0 Å². The first kappa shape index (κ1) is 29.2. The van der Waals surface area contributed by atoms with E-state index in [-0.39, 0.29) is 24.8 Å². The molecular formula is C21H41N3O7. The SMILES string of the molecule is COCCOCCOCCNC(=O)[C@@H](NC(=O)CC(C(N)=O)C(O)C(C)C)C(C)(C)C. The van der Waals surface area contributed by atoms with Crippen molar-refractivity contribution in [2.75, 3.05) is 46.7 Å². The van der Waals surface area contributed by atoms with Crippen molar-refractivity contribution in [1.29, 1.82) is 0 Å². The van der Waals surface area contributed by atoms with Crippen LogP contribution < -0.4 is 16.4 Å². The molecule has 0 fully saturated rings. The van der Waals surface area contributed by atoms with E-state index < -0.39 is 35.3 Å². The van der Waals surface area contributed by atoms with Gasteiger partial charge in [-0.25, -0.2) is 0 Å². The first-order valence-corrected chi connectivity index (χ1v) is 10.6. The second-order valence-corrected chi connectivity index (χ2v) is 8.82. The second kappa shape index (κ2) is 15.1. The number of hydrogen-bond donors (Lipinski definition) is 4. The van der Waals surface area contributed by atoms with Gasteiger partial charge in [-0.1, -0.05) is 34.6 Å². The average molecular weight is 448 g/mol. The first-order chi connectivity index (χ1) is 14.4. The predicted molar refractivity (Wildman–Crippen MR) is 116 cm³/mol. The van der Waals surface area contributed by atoms with Crippen LogP contribution in [0, 0.1) is 17.3 Å². The Hall–Kier alpha value is -1.75. The highest BCUT2D eigenvalue weighted by atomic mass is 16.5. The van der Waals surface area contributed by atoms with Gasteiger partial charge in [0.15, 0.2) is 0 Å². The third-order valence-corrected chi connectivity index (χ3v) is 4.65. The molecule has 5 N–H and O–H groups in total. The first-order valence-electron chi connectivity index (χ1n) is 10.6. The van der Waals surface area contributed by atoms with Gasteiger partial charge in [0.05, 0.1) is 45.1 Å². The summed E-state index contributed by atoms with van der Waals surface area (Å²) in [6.45, 7) is 11.3. The van der Waals surface area contributed by atoms with Crippen molar-refractivity contribution in [1.82, 2.24) is 10.6 Å². The molecule has 0 aromatic heterocycles. The minimum Gasteiger partial charge on any atom is -0.392 e. The monoisotopic (exact) mass is 447 g/mol. The summed E-state index contributed by atoms with van der Waals surface area (Å²) in [5.41, 5.74) is 4.78. The molecule has 10 heteroatoms. The summed E-state index contributed by atoms with van der Waals surface area (Å²) in [5.74, 6) is -2.90. The zero-order valence-corrected chi connectivity index (χ0v) is 19.7. The molecule has 0 aliphatic carbocycles. The van der Waals surface area contributed by atoms with Gasteiger partial charge in [0.2, 0.25) is 17.7 Å². The highest BCUT2D eigenvalue weighted by molar-refractivity contribution is 5.90. The Morgan fingerprint density at radius 1 is 1.00 bits per heavy atom. The van der Waals surface area contributed by atoms with E-state index in [0.717, 1.165) is 0 Å². The number of amides is 3. The molecule has 0 spiro atoms. The topological polar surface area (TPSA) is 149 Å². The van der Waals surface area contributed by atoms with Crippen LogP contribution in [0.25, 0.3) is 0 Å². The van der Waals surface area contributed by atoms with Gasteiger partial charge in [0.1, 0.15) is 6.04 Å². The number of carbonyl (C=O) groups excluding carboxylic acids is 3. The molecular weight excluding hydrogens is 406 g/mol. The molecule has 31 heavy (non-hydrogen) atoms. The Balaban J connectivity index is 4.60. The molecule has 0 rings (SSSR count). The average Bonchev–Trinajstić information content (AvgIpc) is 2.67. The Bertz CT molecular complexity index is 550. The molecule has 182 valence electrons. The molecule has 0 saturated heterocycles. The Morgan fingerprint density at radius 3 is 2.03 bits per heavy atom. The van der Waals surface area contributed by atoms with E-state index in [4.69, 9.17) is 19.9 Å². The summed E-state index contributed by atoms with van der Waals surface area (Å²) in [6.07, 6.45) is -1.33. The lowest BCUT2D eigenvalue weighted by Gasteiger charge is -2.31. The van der Waals surface area contributed by atoms with Crippen LogP contribution in [0.3, 0.4) is 0 Å². The van der Waals surface area contributed by atoms with Crippen molar-refractivity contribution in [3.05, 3.63) is 0 Å². The van der Waals surface area contributed by atoms with Crippen molar-refractivity contribution in [2.24, 2.45) is 23.0 Å². The van der Waals surface area contributed by atoms with E-state index in [1.54, 1.807) is 21.0 Å². The van der Waals surface area contributed by atoms with E-state index in [0.29, 0.717) is 33.0 Å². The lowest BCUT2D eigenvalue weighted by atomic mass is 9.85. The molecule has 0 aliphatic rings. The number of nitrogens with one attached hydrogen (secondary N) is 2. The van der Waals surface area contributed by atoms with Gasteiger partial charge in [0.25, 0.3) is 0 Å². The number of carbonyl (C=O) groups is 3. The Morgan fingerprint density at radius 2 is 1.55 bits per heavy atom. The maximum atomic E-state index is 12.6. The predicted octanol–water partition coefficient (Wildman–Crippen LogP) is -0.178. The summed E-state index contributed by atoms with van der Waals surface area (Å²) in [7, 11) is 1.60. The molecule has 3 amide bonds. The van der Waals surface area contributed by atoms with Gasteiger partial charge in [-0.2, -0.15) is 0 Å². The molecule has 0 bridgehead atoms. The maximum Gasteiger partial charge on any atom is 0.243 e. The molecule has 0 aromatic carbocycles. The number of ether oxygens (including phenoxy) is 3. The molecule has 0 aromatic rings. The van der Waals surface area contributed by atoms with Crippen LogP contribution in [0.4, 0.5) is 0 Å². The molecule has 0 saturated carbocycles. The lowest BCUT2D eigenvalue weighted by molar-refractivity contribution is -0.136. The van der Waals surface area contributed by atoms with Gasteiger partial charge >= 0.3 is 0 Å². The molecule has 3 atom stereocenters. The molecule has 0 radical (unpaired) electrons. The van der Waals surface area contributed by atoms with Crippen molar-refractivity contribution in [2.45, 2.75) is 53.2 Å². The summed E-state index contributed by atoms with van der Waals surface area (Å²) in [6, 6.07) is -0.831. The van der Waals surface area contributed by atoms with E-state index in [2.05, 4.69) is 10.6 Å². The number of hydrogen-bond acceptors (Lipinski definition) is 7. The minimum absolute atomic E-state index is 0.239. The van der Waals surface area contributed by atoms with Gasteiger partial charge < -0.3 is 35.7 Å². The Kier molecular flexibility index (Phi) is 14.3. The zero-order chi connectivity index (χ0) is 24.0. The summed E-state index contributed by atoms with van der Waals surface area (Å²) < 4.78 is 15.5. The fourth-order valence-corrected chi connectivity index (χ4v) is 2.76. The third-order valence-electron chi connectivity index (χ3n) is 4.65. The quantitative estimate of drug-likeness (QED) is 0.240. The zero-order valence-electron chi connectivity index (χ0n) is 19.7. The fourth-order valence-electron chi connectivity index (χ4n) is 2.76. The van der Waals surface area contributed by atoms with Gasteiger partial charge in [-0.05, 0) is 11.3 Å². The maximum absolute atomic E-state index is 12.6. The van der Waals surface area contributed by atoms with Crippen molar-refractivity contribution in [3.63, 3.8) is 0 Å². The molecule has 2 unspecified atom stereocenters. The van der Waals surface area contributed by atoms with Crippen molar-refractivity contribution >= 4 is 17.7 Å². The van der Waals surface area contributed by atoms with Gasteiger partial charge in [-0.15, -0.1) is 0 Å². The lowest BCUT2D eigenvalue weighted by Crippen LogP contribution is -2.54. The fraction of sp³-hybridized carbons (Fsp3) is 0.857. The highest BCUT2D eigenvalue weighted by Crippen LogP contribution is 2.21. The smallest absolute Gasteiger partial charge is 0.243 e. The van der Waals surface area contributed by atoms with E-state index in [1.807, 2.05) is 20.8 Å². The van der Waals surface area contributed by atoms with Gasteiger partial charge in [0, 0.05) is 20.1 Å². The summed E-state index contributed by atoms with van der Waals surface area (Å²) in [4.78, 5) is 36.8. The summed E-state index contributed by atoms with van der Waals surface area (Å²) >= 11 is 0. The summed E-state index contributed by atoms with van der Waals surface area (Å²) in [5, 5.41) is 15.6. The number of nitrogens with two attached hydrogens (primary N) is 1. The largest absolute Gasteiger partial charge is 0.392 e. The number of methoxy groups -OCH3 is 1. The molecule has 10 nitrogen and oxygen atoms in total. The van der Waals surface area contributed by atoms with E-state index >= 15 is 0 Å². The van der Waals surface area contributed by atoms with Crippen LogP contribution in [0.2, 0.25) is 0 Å². The second-order valence-electron chi connectivity index (χ2n) is 8.82. The Labute approximate surface area is 185 Å². The number of aliphatic hydroxyl groups excluding tert-OH is 1. The van der Waals surface area contributed by atoms with Crippen molar-refractivity contribution in [3.8, 4) is 0 Å². The normalized spacial score (nSPS) is 14.7. The number of primary amides is 1. The van der Waals surface area contributed by atoms with Crippen LogP contribution in [0.1, 0.15) is 41.0 Å².